The molecule has 0 bridgehead atoms. The molecule has 1 saturated heterocycles. The lowest BCUT2D eigenvalue weighted by atomic mass is 10.0. The van der Waals surface area contributed by atoms with Crippen LogP contribution in [-0.4, -0.2) is 61.0 Å². The van der Waals surface area contributed by atoms with Crippen molar-refractivity contribution in [2.24, 2.45) is 0 Å². The molecule has 2 unspecified atom stereocenters. The van der Waals surface area contributed by atoms with Gasteiger partial charge in [-0.3, -0.25) is 4.90 Å². The van der Waals surface area contributed by atoms with Crippen molar-refractivity contribution in [1.29, 1.82) is 0 Å². The SMILES string of the molecule is CC(OCC(O)c1cccc2ccccc12)N1CCN(C)CC1.Cl.Cl. The summed E-state index contributed by atoms with van der Waals surface area (Å²) in [6.45, 7) is 6.56. The number of aliphatic hydroxyl groups is 1. The molecule has 0 radical (unpaired) electrons. The molecule has 0 amide bonds. The van der Waals surface area contributed by atoms with E-state index >= 15 is 0 Å². The Kier molecular flexibility index (Phi) is 9.14. The Morgan fingerprint density at radius 2 is 1.64 bits per heavy atom. The van der Waals surface area contributed by atoms with E-state index in [0.29, 0.717) is 6.61 Å². The van der Waals surface area contributed by atoms with Gasteiger partial charge in [-0.15, -0.1) is 24.8 Å². The number of hydrogen-bond acceptors (Lipinski definition) is 4. The molecule has 0 aromatic heterocycles. The third-order valence-electron chi connectivity index (χ3n) is 4.73. The first-order chi connectivity index (χ1) is 11.1. The van der Waals surface area contributed by atoms with E-state index in [1.807, 2.05) is 24.3 Å². The Morgan fingerprint density at radius 1 is 1.00 bits per heavy atom. The van der Waals surface area contributed by atoms with Crippen LogP contribution in [0.4, 0.5) is 0 Å². The van der Waals surface area contributed by atoms with Crippen molar-refractivity contribution in [3.63, 3.8) is 0 Å². The molecule has 1 aliphatic heterocycles. The number of aliphatic hydroxyl groups excluding tert-OH is 1. The summed E-state index contributed by atoms with van der Waals surface area (Å²) in [5.41, 5.74) is 0.939. The highest BCUT2D eigenvalue weighted by Gasteiger charge is 2.21. The van der Waals surface area contributed by atoms with Gasteiger partial charge in [0.25, 0.3) is 0 Å². The van der Waals surface area contributed by atoms with Crippen LogP contribution in [0.3, 0.4) is 0 Å². The van der Waals surface area contributed by atoms with Crippen LogP contribution in [0.25, 0.3) is 10.8 Å². The van der Waals surface area contributed by atoms with Crippen LogP contribution in [0, 0.1) is 0 Å². The highest BCUT2D eigenvalue weighted by Crippen LogP contribution is 2.24. The summed E-state index contributed by atoms with van der Waals surface area (Å²) in [4.78, 5) is 4.66. The summed E-state index contributed by atoms with van der Waals surface area (Å²) < 4.78 is 5.94. The highest BCUT2D eigenvalue weighted by molar-refractivity contribution is 5.86. The maximum absolute atomic E-state index is 10.6. The van der Waals surface area contributed by atoms with Crippen molar-refractivity contribution in [2.45, 2.75) is 19.3 Å². The van der Waals surface area contributed by atoms with Gasteiger partial charge in [-0.1, -0.05) is 42.5 Å². The van der Waals surface area contributed by atoms with Gasteiger partial charge < -0.3 is 14.7 Å². The highest BCUT2D eigenvalue weighted by atomic mass is 35.5. The Balaban J connectivity index is 0.00000156. The van der Waals surface area contributed by atoms with Gasteiger partial charge in [0.2, 0.25) is 0 Å². The van der Waals surface area contributed by atoms with Crippen molar-refractivity contribution in [1.82, 2.24) is 9.80 Å². The average Bonchev–Trinajstić information content (AvgIpc) is 2.59. The van der Waals surface area contributed by atoms with E-state index in [2.05, 4.69) is 42.0 Å². The van der Waals surface area contributed by atoms with Gasteiger partial charge in [0.15, 0.2) is 0 Å². The number of rotatable bonds is 5. The van der Waals surface area contributed by atoms with Crippen LogP contribution in [0.15, 0.2) is 42.5 Å². The summed E-state index contributed by atoms with van der Waals surface area (Å²) >= 11 is 0. The standard InChI is InChI=1S/C19H26N2O2.2ClH/c1-15(21-12-10-20(2)11-13-21)23-14-19(22)18-9-5-7-16-6-3-4-8-17(16)18;;/h3-9,15,19,22H,10-14H2,1-2H3;2*1H. The molecule has 2 atom stereocenters. The minimum Gasteiger partial charge on any atom is -0.386 e. The Bertz CT molecular complexity index is 643. The molecule has 140 valence electrons. The molecule has 2 aromatic carbocycles. The number of benzene rings is 2. The normalized spacial score (nSPS) is 18.2. The van der Waals surface area contributed by atoms with E-state index in [1.165, 1.54) is 0 Å². The molecule has 6 heteroatoms. The van der Waals surface area contributed by atoms with Crippen molar-refractivity contribution >= 4 is 35.6 Å². The molecule has 0 saturated carbocycles. The van der Waals surface area contributed by atoms with Gasteiger partial charge in [0, 0.05) is 26.2 Å². The van der Waals surface area contributed by atoms with E-state index in [0.717, 1.165) is 42.5 Å². The minimum atomic E-state index is -0.601. The molecule has 1 N–H and O–H groups in total. The van der Waals surface area contributed by atoms with Crippen molar-refractivity contribution < 1.29 is 9.84 Å². The van der Waals surface area contributed by atoms with Crippen molar-refractivity contribution in [3.05, 3.63) is 48.0 Å². The maximum atomic E-state index is 10.6. The second kappa shape index (κ2) is 10.3. The number of piperazine rings is 1. The number of likely N-dealkylation sites (N-methyl/N-ethyl adjacent to an activating group) is 1. The average molecular weight is 387 g/mol. The Morgan fingerprint density at radius 3 is 2.36 bits per heavy atom. The van der Waals surface area contributed by atoms with Gasteiger partial charge in [-0.05, 0) is 30.3 Å². The second-order valence-corrected chi connectivity index (χ2v) is 6.36. The first-order valence-corrected chi connectivity index (χ1v) is 8.35. The topological polar surface area (TPSA) is 35.9 Å². The van der Waals surface area contributed by atoms with Crippen LogP contribution < -0.4 is 0 Å². The van der Waals surface area contributed by atoms with E-state index in [-0.39, 0.29) is 31.0 Å². The fraction of sp³-hybridized carbons (Fsp3) is 0.474. The third-order valence-corrected chi connectivity index (χ3v) is 4.73. The van der Waals surface area contributed by atoms with E-state index in [1.54, 1.807) is 0 Å². The predicted molar refractivity (Wildman–Crippen MR) is 108 cm³/mol. The molecule has 25 heavy (non-hydrogen) atoms. The van der Waals surface area contributed by atoms with Crippen LogP contribution in [0.2, 0.25) is 0 Å². The first-order valence-electron chi connectivity index (χ1n) is 8.35. The fourth-order valence-electron chi connectivity index (χ4n) is 3.15. The lowest BCUT2D eigenvalue weighted by molar-refractivity contribution is -0.0882. The minimum absolute atomic E-state index is 0. The predicted octanol–water partition coefficient (Wildman–Crippen LogP) is 3.33. The number of hydrogen-bond donors (Lipinski definition) is 1. The zero-order valence-corrected chi connectivity index (χ0v) is 16.4. The molecule has 4 nitrogen and oxygen atoms in total. The van der Waals surface area contributed by atoms with Crippen LogP contribution in [0.5, 0.6) is 0 Å². The van der Waals surface area contributed by atoms with Gasteiger partial charge in [0.1, 0.15) is 12.3 Å². The molecule has 3 rings (SSSR count). The smallest absolute Gasteiger partial charge is 0.107 e. The van der Waals surface area contributed by atoms with Crippen LogP contribution in [-0.2, 0) is 4.74 Å². The van der Waals surface area contributed by atoms with Gasteiger partial charge in [-0.25, -0.2) is 0 Å². The third kappa shape index (κ3) is 5.55. The van der Waals surface area contributed by atoms with E-state index in [4.69, 9.17) is 4.74 Å². The summed E-state index contributed by atoms with van der Waals surface area (Å²) in [5.74, 6) is 0. The molecule has 1 fully saturated rings. The summed E-state index contributed by atoms with van der Waals surface area (Å²) in [5, 5.41) is 12.8. The quantitative estimate of drug-likeness (QED) is 0.854. The van der Waals surface area contributed by atoms with E-state index < -0.39 is 6.10 Å². The molecule has 2 aromatic rings. The molecular formula is C19H28Cl2N2O2. The maximum Gasteiger partial charge on any atom is 0.107 e. The first kappa shape index (κ1) is 22.2. The number of ether oxygens (including phenoxy) is 1. The number of fused-ring (bicyclic) bond motifs is 1. The molecule has 0 spiro atoms. The largest absolute Gasteiger partial charge is 0.386 e. The van der Waals surface area contributed by atoms with E-state index in [9.17, 15) is 5.11 Å². The van der Waals surface area contributed by atoms with Crippen molar-refractivity contribution in [3.8, 4) is 0 Å². The van der Waals surface area contributed by atoms with Gasteiger partial charge in [0.05, 0.1) is 6.61 Å². The summed E-state index contributed by atoms with van der Waals surface area (Å²) in [6.07, 6.45) is -0.565. The lowest BCUT2D eigenvalue weighted by Gasteiger charge is -2.36. The zero-order chi connectivity index (χ0) is 16.2. The number of nitrogens with zero attached hydrogens (tertiary/aromatic N) is 2. The lowest BCUT2D eigenvalue weighted by Crippen LogP contribution is -2.49. The van der Waals surface area contributed by atoms with Gasteiger partial charge >= 0.3 is 0 Å². The number of halogens is 2. The molecule has 1 aliphatic rings. The molecular weight excluding hydrogens is 359 g/mol. The fourth-order valence-corrected chi connectivity index (χ4v) is 3.15. The van der Waals surface area contributed by atoms with Crippen LogP contribution in [0.1, 0.15) is 18.6 Å². The molecule has 1 heterocycles. The molecule has 0 aliphatic carbocycles. The summed E-state index contributed by atoms with van der Waals surface area (Å²) in [7, 11) is 2.15. The zero-order valence-electron chi connectivity index (χ0n) is 14.8. The monoisotopic (exact) mass is 386 g/mol. The van der Waals surface area contributed by atoms with Gasteiger partial charge in [-0.2, -0.15) is 0 Å². The van der Waals surface area contributed by atoms with Crippen LogP contribution >= 0.6 is 24.8 Å². The Hall–Kier alpha value is -0.880. The Labute approximate surface area is 162 Å². The second-order valence-electron chi connectivity index (χ2n) is 6.36. The summed E-state index contributed by atoms with van der Waals surface area (Å²) in [6, 6.07) is 14.2. The van der Waals surface area contributed by atoms with Crippen molar-refractivity contribution in [2.75, 3.05) is 39.8 Å².